The molecule has 0 aliphatic heterocycles. The molecule has 0 bridgehead atoms. The molecule has 2 saturated carbocycles. The lowest BCUT2D eigenvalue weighted by Gasteiger charge is -2.30. The minimum atomic E-state index is 0.0397. The summed E-state index contributed by atoms with van der Waals surface area (Å²) in [5.74, 6) is 1.33. The van der Waals surface area contributed by atoms with Gasteiger partial charge < -0.3 is 16.2 Å². The molecule has 1 spiro atoms. The first-order valence-corrected chi connectivity index (χ1v) is 10.6. The van der Waals surface area contributed by atoms with Crippen LogP contribution >= 0.6 is 15.9 Å². The van der Waals surface area contributed by atoms with Gasteiger partial charge in [-0.3, -0.25) is 0 Å². The molecular formula is C19H26BrN5O. The Balaban J connectivity index is 1.67. The summed E-state index contributed by atoms with van der Waals surface area (Å²) >= 11 is 3.62. The van der Waals surface area contributed by atoms with Gasteiger partial charge in [0.15, 0.2) is 5.65 Å². The Bertz CT molecular complexity index is 844. The van der Waals surface area contributed by atoms with Crippen molar-refractivity contribution in [3.05, 3.63) is 21.9 Å². The molecule has 0 radical (unpaired) electrons. The Morgan fingerprint density at radius 3 is 2.85 bits per heavy atom. The number of aromatic nitrogens is 3. The Kier molecular flexibility index (Phi) is 4.03. The van der Waals surface area contributed by atoms with Gasteiger partial charge in [0.05, 0.1) is 16.4 Å². The molecule has 2 aromatic heterocycles. The minimum absolute atomic E-state index is 0.0397. The Morgan fingerprint density at radius 2 is 2.15 bits per heavy atom. The number of aliphatic hydroxyl groups excluding tert-OH is 1. The fraction of sp³-hybridized carbons (Fsp3) is 0.684. The Labute approximate surface area is 161 Å². The van der Waals surface area contributed by atoms with E-state index in [2.05, 4.69) is 26.3 Å². The van der Waals surface area contributed by atoms with Gasteiger partial charge in [-0.25, -0.2) is 4.98 Å². The third-order valence-electron chi connectivity index (χ3n) is 6.94. The normalized spacial score (nSPS) is 29.7. The molecule has 2 heterocycles. The van der Waals surface area contributed by atoms with Crippen LogP contribution in [0.2, 0.25) is 0 Å². The van der Waals surface area contributed by atoms with E-state index in [9.17, 15) is 5.11 Å². The molecule has 2 aromatic rings. The number of rotatable bonds is 3. The number of aliphatic hydroxyl groups is 1. The average molecular weight is 420 g/mol. The molecule has 5 rings (SSSR count). The van der Waals surface area contributed by atoms with Gasteiger partial charge in [0.25, 0.3) is 0 Å². The number of anilines is 1. The summed E-state index contributed by atoms with van der Waals surface area (Å²) in [7, 11) is 0. The van der Waals surface area contributed by atoms with Crippen LogP contribution in [0.3, 0.4) is 0 Å². The van der Waals surface area contributed by atoms with Crippen LogP contribution in [0.25, 0.3) is 5.65 Å². The number of fused-ring (bicyclic) bond motifs is 3. The minimum Gasteiger partial charge on any atom is -0.396 e. The van der Waals surface area contributed by atoms with Gasteiger partial charge in [-0.15, -0.1) is 0 Å². The van der Waals surface area contributed by atoms with Gasteiger partial charge in [0, 0.05) is 29.7 Å². The summed E-state index contributed by atoms with van der Waals surface area (Å²) in [5.41, 5.74) is 9.50. The molecule has 3 aliphatic carbocycles. The van der Waals surface area contributed by atoms with Crippen molar-refractivity contribution in [2.45, 2.75) is 68.9 Å². The lowest BCUT2D eigenvalue weighted by atomic mass is 9.76. The third-order valence-corrected chi connectivity index (χ3v) is 7.50. The molecule has 0 aromatic carbocycles. The van der Waals surface area contributed by atoms with Crippen molar-refractivity contribution in [1.29, 1.82) is 0 Å². The SMILES string of the molecule is N[C@H]1CC[C@H](Nc2c3c(nc4c(Br)cnn24)C2(CCCC2)[C@H](CO)C3)C1. The Morgan fingerprint density at radius 1 is 1.35 bits per heavy atom. The van der Waals surface area contributed by atoms with Crippen LogP contribution in [-0.2, 0) is 11.8 Å². The summed E-state index contributed by atoms with van der Waals surface area (Å²) in [5, 5.41) is 18.5. The monoisotopic (exact) mass is 419 g/mol. The van der Waals surface area contributed by atoms with Gasteiger partial charge in [-0.1, -0.05) is 12.8 Å². The molecule has 140 valence electrons. The largest absolute Gasteiger partial charge is 0.396 e. The van der Waals surface area contributed by atoms with Crippen molar-refractivity contribution >= 4 is 27.4 Å². The van der Waals surface area contributed by atoms with Crippen LogP contribution in [0, 0.1) is 5.92 Å². The summed E-state index contributed by atoms with van der Waals surface area (Å²) in [6.45, 7) is 0.230. The van der Waals surface area contributed by atoms with Gasteiger partial charge >= 0.3 is 0 Å². The predicted molar refractivity (Wildman–Crippen MR) is 104 cm³/mol. The van der Waals surface area contributed by atoms with Crippen molar-refractivity contribution in [3.63, 3.8) is 0 Å². The van der Waals surface area contributed by atoms with E-state index in [1.165, 1.54) is 24.1 Å². The van der Waals surface area contributed by atoms with Crippen molar-refractivity contribution in [2.75, 3.05) is 11.9 Å². The average Bonchev–Trinajstić information content (AvgIpc) is 3.39. The lowest BCUT2D eigenvalue weighted by molar-refractivity contribution is 0.162. The van der Waals surface area contributed by atoms with Crippen LogP contribution in [0.4, 0.5) is 5.82 Å². The number of halogens is 1. The third kappa shape index (κ3) is 2.36. The molecule has 0 saturated heterocycles. The summed E-state index contributed by atoms with van der Waals surface area (Å²) in [6, 6.07) is 0.670. The summed E-state index contributed by atoms with van der Waals surface area (Å²) in [4.78, 5) is 5.08. The van der Waals surface area contributed by atoms with Crippen LogP contribution in [0.5, 0.6) is 0 Å². The summed E-state index contributed by atoms with van der Waals surface area (Å²) in [6.07, 6.45) is 10.6. The van der Waals surface area contributed by atoms with Crippen molar-refractivity contribution in [1.82, 2.24) is 14.6 Å². The van der Waals surface area contributed by atoms with Gasteiger partial charge in [0.2, 0.25) is 0 Å². The highest BCUT2D eigenvalue weighted by Gasteiger charge is 2.50. The van der Waals surface area contributed by atoms with Gasteiger partial charge in [-0.2, -0.15) is 9.61 Å². The predicted octanol–water partition coefficient (Wildman–Crippen LogP) is 2.76. The standard InChI is InChI=1S/C19H26BrN5O/c20-15-9-22-25-17(23-13-4-3-12(21)8-13)14-7-11(10-26)19(5-1-2-6-19)16(14)24-18(15)25/h9,11-13,23,26H,1-8,10,21H2/t11-,12-,13-/m0/s1. The maximum atomic E-state index is 10.1. The van der Waals surface area contributed by atoms with E-state index in [0.29, 0.717) is 6.04 Å². The second-order valence-corrected chi connectivity index (χ2v) is 9.23. The Hall–Kier alpha value is -1.18. The topological polar surface area (TPSA) is 88.5 Å². The zero-order chi connectivity index (χ0) is 17.9. The van der Waals surface area contributed by atoms with Gasteiger partial charge in [0.1, 0.15) is 5.82 Å². The van der Waals surface area contributed by atoms with Crippen LogP contribution in [0.1, 0.15) is 56.2 Å². The first-order chi connectivity index (χ1) is 12.6. The van der Waals surface area contributed by atoms with Crippen LogP contribution in [0.15, 0.2) is 10.7 Å². The van der Waals surface area contributed by atoms with Crippen LogP contribution < -0.4 is 11.1 Å². The van der Waals surface area contributed by atoms with E-state index in [1.54, 1.807) is 0 Å². The summed E-state index contributed by atoms with van der Waals surface area (Å²) < 4.78 is 2.86. The zero-order valence-electron chi connectivity index (χ0n) is 14.9. The van der Waals surface area contributed by atoms with E-state index in [4.69, 9.17) is 10.7 Å². The fourth-order valence-electron chi connectivity index (χ4n) is 5.62. The smallest absolute Gasteiger partial charge is 0.171 e. The number of nitrogens with zero attached hydrogens (tertiary/aromatic N) is 3. The van der Waals surface area contributed by atoms with E-state index in [1.807, 2.05) is 10.7 Å². The maximum Gasteiger partial charge on any atom is 0.171 e. The highest BCUT2D eigenvalue weighted by molar-refractivity contribution is 9.10. The second-order valence-electron chi connectivity index (χ2n) is 8.38. The molecule has 2 fully saturated rings. The van der Waals surface area contributed by atoms with E-state index in [0.717, 1.165) is 54.5 Å². The number of hydrogen-bond acceptors (Lipinski definition) is 5. The van der Waals surface area contributed by atoms with E-state index >= 15 is 0 Å². The van der Waals surface area contributed by atoms with Gasteiger partial charge in [-0.05, 0) is 60.4 Å². The molecule has 0 unspecified atom stereocenters. The number of nitrogens with two attached hydrogens (primary N) is 1. The quantitative estimate of drug-likeness (QED) is 0.711. The fourth-order valence-corrected chi connectivity index (χ4v) is 5.97. The first kappa shape index (κ1) is 17.0. The van der Waals surface area contributed by atoms with Crippen LogP contribution in [-0.4, -0.2) is 38.4 Å². The highest BCUT2D eigenvalue weighted by Crippen LogP contribution is 2.54. The van der Waals surface area contributed by atoms with Crippen molar-refractivity contribution in [2.24, 2.45) is 11.7 Å². The number of nitrogens with one attached hydrogen (secondary N) is 1. The van der Waals surface area contributed by atoms with E-state index in [-0.39, 0.29) is 24.0 Å². The highest BCUT2D eigenvalue weighted by atomic mass is 79.9. The molecule has 0 amide bonds. The molecule has 3 atom stereocenters. The van der Waals surface area contributed by atoms with E-state index < -0.39 is 0 Å². The lowest BCUT2D eigenvalue weighted by Crippen LogP contribution is -2.31. The molecule has 4 N–H and O–H groups in total. The molecular weight excluding hydrogens is 394 g/mol. The molecule has 6 nitrogen and oxygen atoms in total. The number of hydrogen-bond donors (Lipinski definition) is 3. The second kappa shape index (κ2) is 6.17. The molecule has 7 heteroatoms. The van der Waals surface area contributed by atoms with Crippen molar-refractivity contribution in [3.8, 4) is 0 Å². The zero-order valence-corrected chi connectivity index (χ0v) is 16.5. The molecule has 26 heavy (non-hydrogen) atoms. The first-order valence-electron chi connectivity index (χ1n) is 9.82. The maximum absolute atomic E-state index is 10.1. The van der Waals surface area contributed by atoms with Crippen molar-refractivity contribution < 1.29 is 5.11 Å². The molecule has 3 aliphatic rings.